The number of anilines is 2. The van der Waals surface area contributed by atoms with Crippen LogP contribution in [0, 0.1) is 25.5 Å². The second-order valence-corrected chi connectivity index (χ2v) is 5.59. The Kier molecular flexibility index (Phi) is 4.27. The van der Waals surface area contributed by atoms with Crippen LogP contribution < -0.4 is 11.1 Å². The lowest BCUT2D eigenvalue weighted by molar-refractivity contribution is 0.102. The second-order valence-electron chi connectivity index (χ2n) is 4.67. The van der Waals surface area contributed by atoms with E-state index in [1.54, 1.807) is 19.1 Å². The normalized spacial score (nSPS) is 10.5. The van der Waals surface area contributed by atoms with Gasteiger partial charge in [0.05, 0.1) is 0 Å². The van der Waals surface area contributed by atoms with Crippen LogP contribution in [0.4, 0.5) is 20.2 Å². The first kappa shape index (κ1) is 15.4. The molecule has 0 aliphatic carbocycles. The van der Waals surface area contributed by atoms with E-state index in [0.29, 0.717) is 15.7 Å². The molecule has 0 unspecified atom stereocenters. The van der Waals surface area contributed by atoms with Gasteiger partial charge in [0, 0.05) is 15.7 Å². The number of halogens is 3. The molecule has 2 aromatic rings. The third-order valence-electron chi connectivity index (χ3n) is 3.18. The minimum absolute atomic E-state index is 0.247. The number of carbonyl (C=O) groups is 1. The van der Waals surface area contributed by atoms with Crippen molar-refractivity contribution in [1.29, 1.82) is 0 Å². The van der Waals surface area contributed by atoms with Crippen molar-refractivity contribution in [3.63, 3.8) is 0 Å². The fraction of sp³-hybridized carbons (Fsp3) is 0.133. The third-order valence-corrected chi connectivity index (χ3v) is 3.64. The van der Waals surface area contributed by atoms with Crippen LogP contribution in [0.15, 0.2) is 28.7 Å². The van der Waals surface area contributed by atoms with Crippen molar-refractivity contribution in [3.8, 4) is 0 Å². The molecule has 0 saturated carbocycles. The smallest absolute Gasteiger partial charge is 0.256 e. The third kappa shape index (κ3) is 3.05. The molecule has 1 amide bonds. The molecule has 3 nitrogen and oxygen atoms in total. The van der Waals surface area contributed by atoms with E-state index in [0.717, 1.165) is 6.07 Å². The molecule has 0 aliphatic rings. The number of nitrogen functional groups attached to an aromatic ring is 1. The first-order valence-corrected chi connectivity index (χ1v) is 6.92. The maximum Gasteiger partial charge on any atom is 0.256 e. The summed E-state index contributed by atoms with van der Waals surface area (Å²) in [4.78, 5) is 12.2. The monoisotopic (exact) mass is 354 g/mol. The predicted octanol–water partition coefficient (Wildman–Crippen LogP) is 4.18. The average Bonchev–Trinajstić information content (AvgIpc) is 2.43. The lowest BCUT2D eigenvalue weighted by atomic mass is 10.1. The first-order valence-electron chi connectivity index (χ1n) is 6.13. The molecule has 0 atom stereocenters. The van der Waals surface area contributed by atoms with Crippen LogP contribution in [0.1, 0.15) is 21.5 Å². The minimum Gasteiger partial charge on any atom is -0.398 e. The van der Waals surface area contributed by atoms with E-state index in [4.69, 9.17) is 5.73 Å². The van der Waals surface area contributed by atoms with Crippen LogP contribution in [0.5, 0.6) is 0 Å². The molecule has 0 radical (unpaired) electrons. The second kappa shape index (κ2) is 5.81. The largest absolute Gasteiger partial charge is 0.398 e. The van der Waals surface area contributed by atoms with Crippen molar-refractivity contribution in [3.05, 3.63) is 57.1 Å². The summed E-state index contributed by atoms with van der Waals surface area (Å²) in [6, 6.07) is 5.62. The summed E-state index contributed by atoms with van der Waals surface area (Å²) in [7, 11) is 0. The van der Waals surface area contributed by atoms with E-state index in [1.807, 2.05) is 0 Å². The van der Waals surface area contributed by atoms with E-state index >= 15 is 0 Å². The highest BCUT2D eigenvalue weighted by molar-refractivity contribution is 9.10. The topological polar surface area (TPSA) is 55.1 Å². The SMILES string of the molecule is Cc1ccc(F)c(NC(=O)c2cc(Br)cc(N)c2C)c1F. The molecule has 0 fully saturated rings. The van der Waals surface area contributed by atoms with Gasteiger partial charge in [-0.25, -0.2) is 8.78 Å². The summed E-state index contributed by atoms with van der Waals surface area (Å²) < 4.78 is 28.2. The van der Waals surface area contributed by atoms with Gasteiger partial charge in [0.2, 0.25) is 0 Å². The van der Waals surface area contributed by atoms with E-state index in [9.17, 15) is 13.6 Å². The van der Waals surface area contributed by atoms with Gasteiger partial charge < -0.3 is 11.1 Å². The summed E-state index contributed by atoms with van der Waals surface area (Å²) in [6.45, 7) is 3.16. The molecule has 3 N–H and O–H groups in total. The fourth-order valence-electron chi connectivity index (χ4n) is 1.89. The first-order chi connectivity index (χ1) is 9.81. The molecule has 2 aromatic carbocycles. The number of aryl methyl sites for hydroxylation is 1. The number of nitrogens with two attached hydrogens (primary N) is 1. The molecule has 0 aliphatic heterocycles. The van der Waals surface area contributed by atoms with E-state index in [2.05, 4.69) is 21.2 Å². The van der Waals surface area contributed by atoms with Crippen molar-refractivity contribution >= 4 is 33.2 Å². The van der Waals surface area contributed by atoms with Gasteiger partial charge in [-0.3, -0.25) is 4.79 Å². The van der Waals surface area contributed by atoms with Crippen molar-refractivity contribution in [2.24, 2.45) is 0 Å². The van der Waals surface area contributed by atoms with Gasteiger partial charge >= 0.3 is 0 Å². The number of rotatable bonds is 2. The highest BCUT2D eigenvalue weighted by Gasteiger charge is 2.18. The van der Waals surface area contributed by atoms with Gasteiger partial charge in [-0.15, -0.1) is 0 Å². The Labute approximate surface area is 129 Å². The maximum absolute atomic E-state index is 13.9. The molecule has 6 heteroatoms. The molecular weight excluding hydrogens is 342 g/mol. The Hall–Kier alpha value is -1.95. The quantitative estimate of drug-likeness (QED) is 0.794. The molecule has 0 saturated heterocycles. The van der Waals surface area contributed by atoms with Crippen molar-refractivity contribution in [2.45, 2.75) is 13.8 Å². The average molecular weight is 355 g/mol. The van der Waals surface area contributed by atoms with Gasteiger partial charge in [0.1, 0.15) is 11.5 Å². The molecule has 2 rings (SSSR count). The Morgan fingerprint density at radius 3 is 2.57 bits per heavy atom. The van der Waals surface area contributed by atoms with Gasteiger partial charge in [-0.05, 0) is 43.2 Å². The fourth-order valence-corrected chi connectivity index (χ4v) is 2.36. The van der Waals surface area contributed by atoms with Crippen molar-refractivity contribution in [2.75, 3.05) is 11.1 Å². The van der Waals surface area contributed by atoms with Crippen LogP contribution in [-0.4, -0.2) is 5.91 Å². The number of carbonyl (C=O) groups excluding carboxylic acids is 1. The summed E-state index contributed by atoms with van der Waals surface area (Å²) in [5.74, 6) is -2.24. The zero-order valence-corrected chi connectivity index (χ0v) is 13.0. The zero-order valence-electron chi connectivity index (χ0n) is 11.4. The summed E-state index contributed by atoms with van der Waals surface area (Å²) >= 11 is 3.23. The Morgan fingerprint density at radius 1 is 1.24 bits per heavy atom. The summed E-state index contributed by atoms with van der Waals surface area (Å²) in [5, 5.41) is 2.27. The van der Waals surface area contributed by atoms with Crippen molar-refractivity contribution in [1.82, 2.24) is 0 Å². The minimum atomic E-state index is -0.827. The van der Waals surface area contributed by atoms with Gasteiger partial charge in [-0.1, -0.05) is 22.0 Å². The molecule has 0 heterocycles. The van der Waals surface area contributed by atoms with Gasteiger partial charge in [0.25, 0.3) is 5.91 Å². The molecule has 0 aromatic heterocycles. The van der Waals surface area contributed by atoms with Gasteiger partial charge in [-0.2, -0.15) is 0 Å². The van der Waals surface area contributed by atoms with Crippen LogP contribution in [0.2, 0.25) is 0 Å². The Morgan fingerprint density at radius 2 is 1.90 bits per heavy atom. The Bertz CT molecular complexity index is 732. The number of hydrogen-bond acceptors (Lipinski definition) is 2. The van der Waals surface area contributed by atoms with E-state index in [1.165, 1.54) is 13.0 Å². The highest BCUT2D eigenvalue weighted by atomic mass is 79.9. The van der Waals surface area contributed by atoms with Crippen molar-refractivity contribution < 1.29 is 13.6 Å². The predicted molar refractivity (Wildman–Crippen MR) is 82.3 cm³/mol. The maximum atomic E-state index is 13.9. The van der Waals surface area contributed by atoms with Crippen LogP contribution in [0.25, 0.3) is 0 Å². The van der Waals surface area contributed by atoms with Crippen LogP contribution in [0.3, 0.4) is 0 Å². The van der Waals surface area contributed by atoms with Gasteiger partial charge in [0.15, 0.2) is 5.82 Å². The molecular formula is C15H13BrF2N2O. The molecule has 0 bridgehead atoms. The summed E-state index contributed by atoms with van der Waals surface area (Å²) in [5.41, 5.74) is 6.78. The summed E-state index contributed by atoms with van der Waals surface area (Å²) in [6.07, 6.45) is 0. The Balaban J connectivity index is 2.42. The number of hydrogen-bond donors (Lipinski definition) is 2. The highest BCUT2D eigenvalue weighted by Crippen LogP contribution is 2.26. The lowest BCUT2D eigenvalue weighted by Gasteiger charge is -2.12. The molecule has 21 heavy (non-hydrogen) atoms. The number of benzene rings is 2. The molecule has 0 spiro atoms. The van der Waals surface area contributed by atoms with E-state index in [-0.39, 0.29) is 11.1 Å². The standard InChI is InChI=1S/C15H13BrF2N2O/c1-7-3-4-11(17)14(13(7)18)20-15(21)10-5-9(16)6-12(19)8(10)2/h3-6H,19H2,1-2H3,(H,20,21). The number of nitrogens with one attached hydrogen (secondary N) is 1. The number of amides is 1. The van der Waals surface area contributed by atoms with Crippen LogP contribution >= 0.6 is 15.9 Å². The van der Waals surface area contributed by atoms with Crippen LogP contribution in [-0.2, 0) is 0 Å². The van der Waals surface area contributed by atoms with E-state index < -0.39 is 23.2 Å². The lowest BCUT2D eigenvalue weighted by Crippen LogP contribution is -2.16. The zero-order chi connectivity index (χ0) is 15.7. The molecule has 110 valence electrons.